The number of carbonyl (C=O) groups is 2. The number of benzene rings is 1. The molecule has 0 aliphatic heterocycles. The van der Waals surface area contributed by atoms with Gasteiger partial charge in [-0.05, 0) is 18.2 Å². The number of carboxylic acid groups (broad SMARTS) is 1. The van der Waals surface area contributed by atoms with Crippen molar-refractivity contribution in [3.05, 3.63) is 29.6 Å². The average Bonchev–Trinajstić information content (AvgIpc) is 2.40. The van der Waals surface area contributed by atoms with E-state index in [1.807, 2.05) is 0 Å². The summed E-state index contributed by atoms with van der Waals surface area (Å²) in [7, 11) is 0. The third-order valence-corrected chi connectivity index (χ3v) is 2.37. The molecule has 2 amide bonds. The summed E-state index contributed by atoms with van der Waals surface area (Å²) in [5.41, 5.74) is -0.0336. The molecule has 0 spiro atoms. The molecule has 0 saturated heterocycles. The standard InChI is InChI=1S/C12H12FN3O4/c13-8-1-2-9(7(5-8)6-14)15-12(20)16-10(3-4-17)11(18)19/h1-2,5,10,17H,3-4H2,(H,18,19)(H2,15,16,20)/t10-/m0/s1. The average molecular weight is 281 g/mol. The normalized spacial score (nSPS) is 11.2. The number of aliphatic carboxylic acids is 1. The smallest absolute Gasteiger partial charge is 0.326 e. The van der Waals surface area contributed by atoms with Gasteiger partial charge in [0.15, 0.2) is 0 Å². The number of hydrogen-bond acceptors (Lipinski definition) is 4. The van der Waals surface area contributed by atoms with Crippen LogP contribution in [0.25, 0.3) is 0 Å². The Morgan fingerprint density at radius 3 is 2.70 bits per heavy atom. The molecule has 20 heavy (non-hydrogen) atoms. The number of carboxylic acids is 1. The maximum absolute atomic E-state index is 12.9. The Kier molecular flexibility index (Phi) is 5.43. The highest BCUT2D eigenvalue weighted by atomic mass is 19.1. The van der Waals surface area contributed by atoms with E-state index in [9.17, 15) is 14.0 Å². The van der Waals surface area contributed by atoms with E-state index in [0.717, 1.165) is 12.1 Å². The maximum atomic E-state index is 12.9. The minimum Gasteiger partial charge on any atom is -0.480 e. The zero-order valence-electron chi connectivity index (χ0n) is 10.3. The second-order valence-electron chi connectivity index (χ2n) is 3.80. The zero-order valence-corrected chi connectivity index (χ0v) is 10.3. The van der Waals surface area contributed by atoms with Crippen LogP contribution in [0.15, 0.2) is 18.2 Å². The second kappa shape index (κ2) is 7.06. The molecule has 1 atom stereocenters. The first kappa shape index (κ1) is 15.4. The van der Waals surface area contributed by atoms with Gasteiger partial charge in [-0.15, -0.1) is 0 Å². The lowest BCUT2D eigenvalue weighted by atomic mass is 10.2. The lowest BCUT2D eigenvalue weighted by Gasteiger charge is -2.14. The topological polar surface area (TPSA) is 122 Å². The van der Waals surface area contributed by atoms with Crippen molar-refractivity contribution in [3.8, 4) is 6.07 Å². The molecule has 0 saturated carbocycles. The van der Waals surface area contributed by atoms with E-state index in [2.05, 4.69) is 10.6 Å². The van der Waals surface area contributed by atoms with E-state index in [-0.39, 0.29) is 17.7 Å². The second-order valence-corrected chi connectivity index (χ2v) is 3.80. The summed E-state index contributed by atoms with van der Waals surface area (Å²) in [5, 5.41) is 30.6. The van der Waals surface area contributed by atoms with E-state index in [0.29, 0.717) is 0 Å². The Morgan fingerprint density at radius 1 is 1.45 bits per heavy atom. The molecule has 0 heterocycles. The number of nitriles is 1. The highest BCUT2D eigenvalue weighted by Crippen LogP contribution is 2.15. The number of hydrogen-bond donors (Lipinski definition) is 4. The van der Waals surface area contributed by atoms with Crippen LogP contribution < -0.4 is 10.6 Å². The molecule has 0 bridgehead atoms. The number of urea groups is 1. The van der Waals surface area contributed by atoms with Crippen molar-refractivity contribution < 1.29 is 24.2 Å². The number of rotatable bonds is 5. The third kappa shape index (κ3) is 4.22. The number of nitrogens with zero attached hydrogens (tertiary/aromatic N) is 1. The van der Waals surface area contributed by atoms with Crippen LogP contribution in [0.5, 0.6) is 0 Å². The minimum atomic E-state index is -1.30. The lowest BCUT2D eigenvalue weighted by Crippen LogP contribution is -2.43. The van der Waals surface area contributed by atoms with E-state index >= 15 is 0 Å². The van der Waals surface area contributed by atoms with Gasteiger partial charge in [0.1, 0.15) is 17.9 Å². The molecule has 0 unspecified atom stereocenters. The molecule has 0 aliphatic carbocycles. The van der Waals surface area contributed by atoms with Crippen molar-refractivity contribution in [2.75, 3.05) is 11.9 Å². The minimum absolute atomic E-state index is 0.0551. The highest BCUT2D eigenvalue weighted by molar-refractivity contribution is 5.93. The zero-order chi connectivity index (χ0) is 15.1. The summed E-state index contributed by atoms with van der Waals surface area (Å²) in [6, 6.07) is 2.77. The van der Waals surface area contributed by atoms with Crippen molar-refractivity contribution in [2.24, 2.45) is 0 Å². The first-order chi connectivity index (χ1) is 9.47. The van der Waals surface area contributed by atoms with Crippen LogP contribution in [0, 0.1) is 17.1 Å². The highest BCUT2D eigenvalue weighted by Gasteiger charge is 2.19. The Morgan fingerprint density at radius 2 is 2.15 bits per heavy atom. The Hall–Kier alpha value is -2.66. The number of anilines is 1. The van der Waals surface area contributed by atoms with Gasteiger partial charge in [0.05, 0.1) is 11.3 Å². The Labute approximate surface area is 113 Å². The number of nitrogens with one attached hydrogen (secondary N) is 2. The summed E-state index contributed by atoms with van der Waals surface area (Å²) in [6.07, 6.45) is -0.155. The first-order valence-electron chi connectivity index (χ1n) is 5.58. The maximum Gasteiger partial charge on any atom is 0.326 e. The molecule has 1 aromatic rings. The molecule has 0 aliphatic rings. The number of aliphatic hydroxyl groups excluding tert-OH is 1. The van der Waals surface area contributed by atoms with E-state index in [1.54, 1.807) is 6.07 Å². The van der Waals surface area contributed by atoms with Gasteiger partial charge in [0.25, 0.3) is 0 Å². The first-order valence-corrected chi connectivity index (χ1v) is 5.58. The van der Waals surface area contributed by atoms with Crippen molar-refractivity contribution >= 4 is 17.7 Å². The van der Waals surface area contributed by atoms with Crippen LogP contribution in [0.2, 0.25) is 0 Å². The van der Waals surface area contributed by atoms with Crippen LogP contribution in [-0.2, 0) is 4.79 Å². The monoisotopic (exact) mass is 281 g/mol. The molecule has 1 aromatic carbocycles. The summed E-state index contributed by atoms with van der Waals surface area (Å²) < 4.78 is 12.9. The van der Waals surface area contributed by atoms with Gasteiger partial charge in [-0.25, -0.2) is 14.0 Å². The van der Waals surface area contributed by atoms with Crippen LogP contribution in [0.3, 0.4) is 0 Å². The summed E-state index contributed by atoms with van der Waals surface area (Å²) >= 11 is 0. The summed E-state index contributed by atoms with van der Waals surface area (Å²) in [4.78, 5) is 22.4. The van der Waals surface area contributed by atoms with Crippen LogP contribution >= 0.6 is 0 Å². The van der Waals surface area contributed by atoms with Gasteiger partial charge >= 0.3 is 12.0 Å². The van der Waals surface area contributed by atoms with Gasteiger partial charge < -0.3 is 20.8 Å². The van der Waals surface area contributed by atoms with Crippen LogP contribution in [-0.4, -0.2) is 34.9 Å². The van der Waals surface area contributed by atoms with Gasteiger partial charge in [0, 0.05) is 13.0 Å². The number of halogens is 1. The van der Waals surface area contributed by atoms with Gasteiger partial charge in [0.2, 0.25) is 0 Å². The fourth-order valence-corrected chi connectivity index (χ4v) is 1.42. The van der Waals surface area contributed by atoms with Crippen molar-refractivity contribution in [1.29, 1.82) is 5.26 Å². The van der Waals surface area contributed by atoms with Gasteiger partial charge in [-0.1, -0.05) is 0 Å². The molecule has 1 rings (SSSR count). The third-order valence-electron chi connectivity index (χ3n) is 2.37. The number of amides is 2. The van der Waals surface area contributed by atoms with Crippen LogP contribution in [0.4, 0.5) is 14.9 Å². The fourth-order valence-electron chi connectivity index (χ4n) is 1.42. The lowest BCUT2D eigenvalue weighted by molar-refractivity contribution is -0.139. The van der Waals surface area contributed by atoms with E-state index in [4.69, 9.17) is 15.5 Å². The van der Waals surface area contributed by atoms with Crippen molar-refractivity contribution in [1.82, 2.24) is 5.32 Å². The number of carbonyl (C=O) groups excluding carboxylic acids is 1. The predicted octanol–water partition coefficient (Wildman–Crippen LogP) is 0.654. The molecular formula is C12H12FN3O4. The largest absolute Gasteiger partial charge is 0.480 e. The molecule has 8 heteroatoms. The van der Waals surface area contributed by atoms with Gasteiger partial charge in [-0.2, -0.15) is 5.26 Å². The molecule has 4 N–H and O–H groups in total. The Bertz CT molecular complexity index is 556. The SMILES string of the molecule is N#Cc1cc(F)ccc1NC(=O)N[C@@H](CCO)C(=O)O. The van der Waals surface area contributed by atoms with E-state index in [1.165, 1.54) is 6.07 Å². The summed E-state index contributed by atoms with van der Waals surface area (Å²) in [6.45, 7) is -0.406. The van der Waals surface area contributed by atoms with E-state index < -0.39 is 30.5 Å². The molecular weight excluding hydrogens is 269 g/mol. The fraction of sp³-hybridized carbons (Fsp3) is 0.250. The quantitative estimate of drug-likeness (QED) is 0.631. The molecule has 7 nitrogen and oxygen atoms in total. The number of aliphatic hydroxyl groups is 1. The molecule has 0 aromatic heterocycles. The Balaban J connectivity index is 2.76. The summed E-state index contributed by atoms with van der Waals surface area (Å²) in [5.74, 6) is -1.93. The molecule has 0 fully saturated rings. The predicted molar refractivity (Wildman–Crippen MR) is 66.4 cm³/mol. The van der Waals surface area contributed by atoms with Crippen molar-refractivity contribution in [2.45, 2.75) is 12.5 Å². The van der Waals surface area contributed by atoms with Crippen LogP contribution in [0.1, 0.15) is 12.0 Å². The molecule has 106 valence electrons. The van der Waals surface area contributed by atoms with Crippen molar-refractivity contribution in [3.63, 3.8) is 0 Å². The van der Waals surface area contributed by atoms with Gasteiger partial charge in [-0.3, -0.25) is 0 Å². The molecule has 0 radical (unpaired) electrons.